The van der Waals surface area contributed by atoms with Crippen molar-refractivity contribution in [3.63, 3.8) is 0 Å². The summed E-state index contributed by atoms with van der Waals surface area (Å²) >= 11 is 1.08. The number of carbonyl (C=O) groups excluding carboxylic acids is 1. The fourth-order valence-corrected chi connectivity index (χ4v) is 5.59. The van der Waals surface area contributed by atoms with Crippen molar-refractivity contribution in [1.82, 2.24) is 26.0 Å². The Morgan fingerprint density at radius 3 is 2.57 bits per heavy atom. The summed E-state index contributed by atoms with van der Waals surface area (Å²) in [5.74, 6) is -1.62. The Morgan fingerprint density at radius 1 is 1.32 bits per heavy atom. The number of carboxylic acids is 1. The number of hydrogen-bond acceptors (Lipinski definition) is 14. The Kier molecular flexibility index (Phi) is 10.1. The number of hydroxylamine groups is 2. The van der Waals surface area contributed by atoms with E-state index in [-0.39, 0.29) is 35.0 Å². The summed E-state index contributed by atoms with van der Waals surface area (Å²) in [5, 5.41) is 32.0. The largest absolute Gasteiger partial charge is 0.489 e. The van der Waals surface area contributed by atoms with Crippen LogP contribution in [-0.2, 0) is 29.1 Å². The molecule has 2 aliphatic rings. The molecule has 1 aromatic carbocycles. The van der Waals surface area contributed by atoms with Gasteiger partial charge in [-0.3, -0.25) is 14.8 Å². The number of carboxylic acid groups (broad SMARTS) is 1. The van der Waals surface area contributed by atoms with Crippen LogP contribution in [0.1, 0.15) is 36.4 Å². The Hall–Kier alpha value is -3.88. The first-order valence-electron chi connectivity index (χ1n) is 13.4. The van der Waals surface area contributed by atoms with Gasteiger partial charge in [0.25, 0.3) is 12.0 Å². The van der Waals surface area contributed by atoms with Gasteiger partial charge in [0.05, 0.1) is 11.6 Å². The first-order chi connectivity index (χ1) is 20.6. The molecule has 8 N–H and O–H groups in total. The third kappa shape index (κ3) is 8.18. The minimum absolute atomic E-state index is 0.0678. The number of aliphatic carboxylic acids is 1. The topological polar surface area (TPSA) is 251 Å². The van der Waals surface area contributed by atoms with Gasteiger partial charge in [-0.15, -0.1) is 11.3 Å². The normalized spacial score (nSPS) is 20.8. The van der Waals surface area contributed by atoms with E-state index in [2.05, 4.69) is 30.4 Å². The van der Waals surface area contributed by atoms with Crippen molar-refractivity contribution >= 4 is 50.3 Å². The van der Waals surface area contributed by atoms with Crippen molar-refractivity contribution < 1.29 is 41.5 Å². The van der Waals surface area contributed by atoms with Gasteiger partial charge in [-0.25, -0.2) is 9.78 Å². The lowest BCUT2D eigenvalue weighted by molar-refractivity contribution is -0.214. The van der Waals surface area contributed by atoms with Gasteiger partial charge in [0, 0.05) is 29.6 Å². The maximum atomic E-state index is 13.3. The molecule has 0 radical (unpaired) electrons. The number of anilines is 1. The van der Waals surface area contributed by atoms with Crippen LogP contribution in [0.2, 0.25) is 0 Å². The summed E-state index contributed by atoms with van der Waals surface area (Å²) in [7, 11) is -4.77. The number of rotatable bonds is 13. The highest BCUT2D eigenvalue weighted by Gasteiger charge is 2.50. The van der Waals surface area contributed by atoms with Crippen LogP contribution >= 0.6 is 11.3 Å². The fraction of sp³-hybridized carbons (Fsp3) is 0.480. The first-order valence-corrected chi connectivity index (χ1v) is 15.6. The molecule has 0 saturated carbocycles. The number of thiazole rings is 1. The molecule has 17 nitrogen and oxygen atoms in total. The molecule has 44 heavy (non-hydrogen) atoms. The number of ether oxygens (including phenoxy) is 1. The van der Waals surface area contributed by atoms with Gasteiger partial charge in [-0.05, 0) is 58.0 Å². The third-order valence-corrected chi connectivity index (χ3v) is 8.25. The number of aromatic nitrogens is 1. The third-order valence-electron chi connectivity index (χ3n) is 7.09. The lowest BCUT2D eigenvalue weighted by atomic mass is 9.85. The second kappa shape index (κ2) is 13.4. The number of nitrogen functional groups attached to an aromatic ring is 1. The predicted molar refractivity (Wildman–Crippen MR) is 159 cm³/mol. The maximum absolute atomic E-state index is 13.3. The van der Waals surface area contributed by atoms with Crippen molar-refractivity contribution in [3.05, 3.63) is 40.4 Å². The van der Waals surface area contributed by atoms with Crippen LogP contribution in [0.25, 0.3) is 0 Å². The van der Waals surface area contributed by atoms with Crippen LogP contribution in [0, 0.1) is 12.3 Å². The quantitative estimate of drug-likeness (QED) is 0.0644. The molecule has 19 heteroatoms. The minimum Gasteiger partial charge on any atom is -0.489 e. The molecule has 4 rings (SSSR count). The lowest BCUT2D eigenvalue weighted by Gasteiger charge is -2.52. The smallest absolute Gasteiger partial charge is 0.413 e. The zero-order valence-electron chi connectivity index (χ0n) is 24.1. The number of nitrogens with one attached hydrogen (secondary N) is 4. The molecule has 3 atom stereocenters. The molecule has 2 aliphatic heterocycles. The van der Waals surface area contributed by atoms with Crippen LogP contribution in [-0.4, -0.2) is 102 Å². The summed E-state index contributed by atoms with van der Waals surface area (Å²) in [5.41, 5.74) is 5.09. The van der Waals surface area contributed by atoms with Crippen molar-refractivity contribution in [2.45, 2.75) is 50.9 Å². The molecule has 0 aliphatic carbocycles. The van der Waals surface area contributed by atoms with E-state index in [0.29, 0.717) is 16.2 Å². The lowest BCUT2D eigenvalue weighted by Crippen LogP contribution is -2.73. The summed E-state index contributed by atoms with van der Waals surface area (Å²) < 4.78 is 41.3. The van der Waals surface area contributed by atoms with Crippen LogP contribution in [0.4, 0.5) is 5.13 Å². The minimum atomic E-state index is -4.77. The number of amidine groups is 1. The van der Waals surface area contributed by atoms with Gasteiger partial charge < -0.3 is 36.4 Å². The number of carbonyl (C=O) groups is 2. The molecule has 0 unspecified atom stereocenters. The SMILES string of the molecule is Cc1sc(N)nc1/C(=N/O[C@@H](COc1ccc(C(=N)N[C@@H]2CCNC2)cc1)C(=O)O)C(=O)N[C@@H]1CN(OS(=O)(=O)O)C1(C)C. The number of aryl methyl sites for hydroxylation is 1. The van der Waals surface area contributed by atoms with E-state index in [1.165, 1.54) is 0 Å². The van der Waals surface area contributed by atoms with E-state index in [9.17, 15) is 23.1 Å². The van der Waals surface area contributed by atoms with Gasteiger partial charge in [0.2, 0.25) is 0 Å². The average Bonchev–Trinajstić information content (AvgIpc) is 3.57. The van der Waals surface area contributed by atoms with Crippen molar-refractivity contribution in [1.29, 1.82) is 5.41 Å². The first kappa shape index (κ1) is 33.0. The van der Waals surface area contributed by atoms with Gasteiger partial charge in [0.15, 0.2) is 10.8 Å². The molecule has 240 valence electrons. The Labute approximate surface area is 257 Å². The van der Waals surface area contributed by atoms with Crippen molar-refractivity contribution in [3.8, 4) is 5.75 Å². The number of amides is 1. The summed E-state index contributed by atoms with van der Waals surface area (Å²) in [4.78, 5) is 35.2. The highest BCUT2D eigenvalue weighted by atomic mass is 32.3. The molecule has 2 saturated heterocycles. The second-order valence-corrected chi connectivity index (χ2v) is 12.9. The number of hydrogen-bond donors (Lipinski definition) is 7. The second-order valence-electron chi connectivity index (χ2n) is 10.6. The van der Waals surface area contributed by atoms with Crippen LogP contribution in [0.15, 0.2) is 29.4 Å². The van der Waals surface area contributed by atoms with E-state index in [4.69, 9.17) is 25.3 Å². The standard InChI is InChI=1S/C25H34N8O9S2/c1-13-19(31-24(27)43-13)20(22(34)30-18-11-33(25(18,2)3)42-44(37,38)39)32-41-17(23(35)36)12-40-16-6-4-14(5-7-16)21(26)29-15-8-9-28-10-15/h4-7,15,17-18,28H,8-12H2,1-3H3,(H2,26,29)(H2,27,31)(H,30,34)(H,35,36)(H,37,38,39)/b32-20-/t15-,17+,18-/m1/s1. The average molecular weight is 655 g/mol. The Morgan fingerprint density at radius 2 is 2.02 bits per heavy atom. The molecule has 1 aromatic heterocycles. The zero-order valence-corrected chi connectivity index (χ0v) is 25.7. The summed E-state index contributed by atoms with van der Waals surface area (Å²) in [6.07, 6.45) is -0.702. The monoisotopic (exact) mass is 654 g/mol. The van der Waals surface area contributed by atoms with Crippen LogP contribution in [0.3, 0.4) is 0 Å². The molecule has 0 spiro atoms. The molecule has 3 heterocycles. The number of benzene rings is 1. The molecular formula is C25H34N8O9S2. The molecule has 1 amide bonds. The summed E-state index contributed by atoms with van der Waals surface area (Å²) in [6.45, 7) is 5.90. The van der Waals surface area contributed by atoms with Crippen LogP contribution < -0.4 is 26.4 Å². The number of nitrogens with zero attached hydrogens (tertiary/aromatic N) is 3. The number of oxime groups is 1. The van der Waals surface area contributed by atoms with E-state index in [0.717, 1.165) is 35.9 Å². The highest BCUT2D eigenvalue weighted by molar-refractivity contribution is 7.80. The van der Waals surface area contributed by atoms with Gasteiger partial charge in [-0.1, -0.05) is 5.16 Å². The summed E-state index contributed by atoms with van der Waals surface area (Å²) in [6, 6.07) is 6.05. The van der Waals surface area contributed by atoms with Crippen molar-refractivity contribution in [2.75, 3.05) is 32.0 Å². The highest BCUT2D eigenvalue weighted by Crippen LogP contribution is 2.31. The molecule has 2 fully saturated rings. The molecular weight excluding hydrogens is 620 g/mol. The van der Waals surface area contributed by atoms with Crippen LogP contribution in [0.5, 0.6) is 5.75 Å². The number of nitrogens with two attached hydrogens (primary N) is 1. The van der Waals surface area contributed by atoms with E-state index in [1.807, 2.05) is 0 Å². The van der Waals surface area contributed by atoms with E-state index >= 15 is 0 Å². The fourth-order valence-electron chi connectivity index (χ4n) is 4.42. The zero-order chi connectivity index (χ0) is 32.2. The Bertz CT molecular complexity index is 1520. The van der Waals surface area contributed by atoms with Crippen molar-refractivity contribution in [2.24, 2.45) is 5.16 Å². The van der Waals surface area contributed by atoms with Gasteiger partial charge in [-0.2, -0.15) is 17.8 Å². The Balaban J connectivity index is 1.42. The predicted octanol–water partition coefficient (Wildman–Crippen LogP) is -0.123. The van der Waals surface area contributed by atoms with E-state index < -0.39 is 46.6 Å². The van der Waals surface area contributed by atoms with Gasteiger partial charge >= 0.3 is 16.4 Å². The van der Waals surface area contributed by atoms with E-state index in [1.54, 1.807) is 45.0 Å². The molecule has 2 aromatic rings. The molecule has 0 bridgehead atoms. The maximum Gasteiger partial charge on any atom is 0.413 e. The van der Waals surface area contributed by atoms with Gasteiger partial charge in [0.1, 0.15) is 23.9 Å².